The van der Waals surface area contributed by atoms with Crippen LogP contribution in [-0.2, 0) is 14.3 Å². The van der Waals surface area contributed by atoms with E-state index in [1.54, 1.807) is 48.5 Å². The lowest BCUT2D eigenvalue weighted by molar-refractivity contribution is -0.140. The zero-order valence-corrected chi connectivity index (χ0v) is 15.2. The van der Waals surface area contributed by atoms with Gasteiger partial charge in [-0.2, -0.15) is 0 Å². The van der Waals surface area contributed by atoms with E-state index < -0.39 is 17.7 Å². The van der Waals surface area contributed by atoms with Gasteiger partial charge >= 0.3 is 0 Å². The van der Waals surface area contributed by atoms with Crippen LogP contribution in [0.15, 0.2) is 60.2 Å². The quantitative estimate of drug-likeness (QED) is 0.483. The molecule has 0 aromatic heterocycles. The number of ether oxygens (including phenoxy) is 2. The molecule has 1 fully saturated rings. The van der Waals surface area contributed by atoms with Gasteiger partial charge in [-0.15, -0.1) is 0 Å². The van der Waals surface area contributed by atoms with Crippen molar-refractivity contribution < 1.29 is 24.2 Å². The van der Waals surface area contributed by atoms with E-state index in [0.717, 1.165) is 0 Å². The Hall–Kier alpha value is -3.12. The SMILES string of the molecule is COCCN1C(=O)C(=O)/C(=C(\O)c2ccccc2)C1c1ccccc1OC. The van der Waals surface area contributed by atoms with Crippen molar-refractivity contribution in [3.63, 3.8) is 0 Å². The van der Waals surface area contributed by atoms with Gasteiger partial charge in [0, 0.05) is 24.8 Å². The molecule has 1 atom stereocenters. The van der Waals surface area contributed by atoms with Crippen molar-refractivity contribution in [3.8, 4) is 5.75 Å². The maximum absolute atomic E-state index is 12.8. The molecule has 0 radical (unpaired) electrons. The largest absolute Gasteiger partial charge is 0.507 e. The molecule has 1 aliphatic rings. The van der Waals surface area contributed by atoms with Gasteiger partial charge in [-0.25, -0.2) is 0 Å². The first-order valence-corrected chi connectivity index (χ1v) is 8.55. The van der Waals surface area contributed by atoms with Crippen LogP contribution >= 0.6 is 0 Å². The van der Waals surface area contributed by atoms with Crippen LogP contribution in [0.1, 0.15) is 17.2 Å². The molecule has 1 amide bonds. The number of aliphatic hydroxyl groups excluding tert-OH is 1. The fraction of sp³-hybridized carbons (Fsp3) is 0.238. The first-order valence-electron chi connectivity index (χ1n) is 8.55. The van der Waals surface area contributed by atoms with Gasteiger partial charge in [-0.3, -0.25) is 9.59 Å². The molecule has 1 N–H and O–H groups in total. The monoisotopic (exact) mass is 367 g/mol. The molecule has 0 bridgehead atoms. The highest BCUT2D eigenvalue weighted by Crippen LogP contribution is 2.42. The minimum atomic E-state index is -0.753. The van der Waals surface area contributed by atoms with Crippen LogP contribution in [0.2, 0.25) is 0 Å². The number of para-hydroxylation sites is 1. The predicted molar refractivity (Wildman–Crippen MR) is 100 cm³/mol. The van der Waals surface area contributed by atoms with E-state index in [1.165, 1.54) is 19.1 Å². The number of methoxy groups -OCH3 is 2. The molecule has 0 spiro atoms. The summed E-state index contributed by atoms with van der Waals surface area (Å²) in [5.41, 5.74) is 1.15. The molecule has 0 aliphatic carbocycles. The predicted octanol–water partition coefficient (Wildman–Crippen LogP) is 2.76. The van der Waals surface area contributed by atoms with Crippen LogP contribution in [0.5, 0.6) is 5.75 Å². The van der Waals surface area contributed by atoms with Crippen molar-refractivity contribution in [2.45, 2.75) is 6.04 Å². The van der Waals surface area contributed by atoms with E-state index in [-0.39, 0.29) is 24.5 Å². The van der Waals surface area contributed by atoms with Crippen molar-refractivity contribution in [2.75, 3.05) is 27.4 Å². The first kappa shape index (κ1) is 18.7. The van der Waals surface area contributed by atoms with Gasteiger partial charge in [-0.1, -0.05) is 48.5 Å². The summed E-state index contributed by atoms with van der Waals surface area (Å²) in [5, 5.41) is 10.9. The number of benzene rings is 2. The Morgan fingerprint density at radius 3 is 2.37 bits per heavy atom. The Morgan fingerprint density at radius 1 is 1.04 bits per heavy atom. The number of carbonyl (C=O) groups is 2. The Labute approximate surface area is 157 Å². The standard InChI is InChI=1S/C21H21NO5/c1-26-13-12-22-18(15-10-6-7-11-16(15)27-2)17(20(24)21(22)25)19(23)14-8-4-3-5-9-14/h3-11,18,23H,12-13H2,1-2H3/b19-17-. The topological polar surface area (TPSA) is 76.1 Å². The number of carbonyl (C=O) groups excluding carboxylic acids is 2. The van der Waals surface area contributed by atoms with Crippen LogP contribution in [-0.4, -0.2) is 49.1 Å². The molecular formula is C21H21NO5. The molecule has 1 heterocycles. The fourth-order valence-electron chi connectivity index (χ4n) is 3.27. The van der Waals surface area contributed by atoms with Crippen molar-refractivity contribution >= 4 is 17.4 Å². The summed E-state index contributed by atoms with van der Waals surface area (Å²) < 4.78 is 10.5. The van der Waals surface area contributed by atoms with E-state index >= 15 is 0 Å². The zero-order valence-electron chi connectivity index (χ0n) is 15.2. The van der Waals surface area contributed by atoms with Crippen molar-refractivity contribution in [2.24, 2.45) is 0 Å². The zero-order chi connectivity index (χ0) is 19.4. The number of nitrogens with zero attached hydrogens (tertiary/aromatic N) is 1. The van der Waals surface area contributed by atoms with Gasteiger partial charge < -0.3 is 19.5 Å². The molecule has 1 unspecified atom stereocenters. The summed E-state index contributed by atoms with van der Waals surface area (Å²) in [6.45, 7) is 0.486. The Kier molecular flexibility index (Phi) is 5.57. The average molecular weight is 367 g/mol. The van der Waals surface area contributed by atoms with Crippen LogP contribution < -0.4 is 4.74 Å². The molecule has 0 saturated carbocycles. The molecule has 3 rings (SSSR count). The fourth-order valence-corrected chi connectivity index (χ4v) is 3.27. The average Bonchev–Trinajstić information content (AvgIpc) is 2.96. The third kappa shape index (κ3) is 3.44. The number of aliphatic hydroxyl groups is 1. The lowest BCUT2D eigenvalue weighted by Crippen LogP contribution is -2.32. The summed E-state index contributed by atoms with van der Waals surface area (Å²) >= 11 is 0. The Balaban J connectivity index is 2.20. The van der Waals surface area contributed by atoms with Gasteiger partial charge in [0.2, 0.25) is 0 Å². The third-order valence-corrected chi connectivity index (χ3v) is 4.56. The summed E-state index contributed by atoms with van der Waals surface area (Å²) in [6.07, 6.45) is 0. The smallest absolute Gasteiger partial charge is 0.295 e. The molecule has 6 nitrogen and oxygen atoms in total. The van der Waals surface area contributed by atoms with E-state index in [9.17, 15) is 14.7 Å². The van der Waals surface area contributed by atoms with E-state index in [4.69, 9.17) is 9.47 Å². The molecule has 2 aromatic carbocycles. The highest BCUT2D eigenvalue weighted by Gasteiger charge is 2.46. The van der Waals surface area contributed by atoms with Gasteiger partial charge in [-0.05, 0) is 6.07 Å². The minimum Gasteiger partial charge on any atom is -0.507 e. The number of rotatable bonds is 6. The van der Waals surface area contributed by atoms with E-state index in [1.807, 2.05) is 6.07 Å². The molecule has 1 saturated heterocycles. The van der Waals surface area contributed by atoms with Crippen molar-refractivity contribution in [1.82, 2.24) is 4.90 Å². The number of hydrogen-bond acceptors (Lipinski definition) is 5. The highest BCUT2D eigenvalue weighted by molar-refractivity contribution is 6.46. The van der Waals surface area contributed by atoms with Gasteiger partial charge in [0.25, 0.3) is 11.7 Å². The summed E-state index contributed by atoms with van der Waals surface area (Å²) in [4.78, 5) is 26.9. The molecular weight excluding hydrogens is 346 g/mol. The highest BCUT2D eigenvalue weighted by atomic mass is 16.5. The number of ketones is 1. The summed E-state index contributed by atoms with van der Waals surface area (Å²) in [7, 11) is 3.05. The second-order valence-corrected chi connectivity index (χ2v) is 6.09. The Bertz CT molecular complexity index is 875. The first-order chi connectivity index (χ1) is 13.1. The van der Waals surface area contributed by atoms with Crippen LogP contribution in [0.3, 0.4) is 0 Å². The van der Waals surface area contributed by atoms with E-state index in [0.29, 0.717) is 16.9 Å². The van der Waals surface area contributed by atoms with Crippen LogP contribution in [0.25, 0.3) is 5.76 Å². The Morgan fingerprint density at radius 2 is 1.70 bits per heavy atom. The normalized spacial score (nSPS) is 18.7. The number of hydrogen-bond donors (Lipinski definition) is 1. The molecule has 6 heteroatoms. The van der Waals surface area contributed by atoms with Gasteiger partial charge in [0.05, 0.1) is 25.3 Å². The number of likely N-dealkylation sites (tertiary alicyclic amines) is 1. The summed E-state index contributed by atoms with van der Waals surface area (Å²) in [6, 6.07) is 15.1. The molecule has 27 heavy (non-hydrogen) atoms. The number of Topliss-reactive ketones (excluding diaryl/α,β-unsaturated/α-hetero) is 1. The minimum absolute atomic E-state index is 0.0480. The maximum Gasteiger partial charge on any atom is 0.295 e. The van der Waals surface area contributed by atoms with Gasteiger partial charge in [0.1, 0.15) is 11.5 Å². The molecule has 2 aromatic rings. The third-order valence-electron chi connectivity index (χ3n) is 4.56. The molecule has 1 aliphatic heterocycles. The van der Waals surface area contributed by atoms with Crippen molar-refractivity contribution in [3.05, 3.63) is 71.3 Å². The lowest BCUT2D eigenvalue weighted by atomic mass is 9.94. The number of amides is 1. The van der Waals surface area contributed by atoms with Crippen molar-refractivity contribution in [1.29, 1.82) is 0 Å². The van der Waals surface area contributed by atoms with Crippen LogP contribution in [0, 0.1) is 0 Å². The summed E-state index contributed by atoms with van der Waals surface area (Å²) in [5.74, 6) is -1.06. The van der Waals surface area contributed by atoms with E-state index in [2.05, 4.69) is 0 Å². The van der Waals surface area contributed by atoms with Gasteiger partial charge in [0.15, 0.2) is 0 Å². The maximum atomic E-state index is 12.8. The van der Waals surface area contributed by atoms with Crippen LogP contribution in [0.4, 0.5) is 0 Å². The second-order valence-electron chi connectivity index (χ2n) is 6.09. The second kappa shape index (κ2) is 8.05. The molecule has 140 valence electrons. The lowest BCUT2D eigenvalue weighted by Gasteiger charge is -2.26.